The van der Waals surface area contributed by atoms with Gasteiger partial charge in [0.2, 0.25) is 6.41 Å². The number of nitrogens with one attached hydrogen (secondary N) is 2. The normalized spacial score (nSPS) is 20.0. The van der Waals surface area contributed by atoms with Gasteiger partial charge in [0.25, 0.3) is 0 Å². The minimum absolute atomic E-state index is 0.322. The third-order valence-corrected chi connectivity index (χ3v) is 2.59. The van der Waals surface area contributed by atoms with Crippen LogP contribution in [0.5, 0.6) is 0 Å². The Kier molecular flexibility index (Phi) is 2.90. The van der Waals surface area contributed by atoms with Crippen molar-refractivity contribution in [3.63, 3.8) is 0 Å². The summed E-state index contributed by atoms with van der Waals surface area (Å²) >= 11 is 0. The van der Waals surface area contributed by atoms with E-state index in [4.69, 9.17) is 10.1 Å². The highest BCUT2D eigenvalue weighted by molar-refractivity contribution is 6.09. The molecule has 2 aliphatic carbocycles. The first-order chi connectivity index (χ1) is 7.70. The van der Waals surface area contributed by atoms with Crippen LogP contribution in [0.15, 0.2) is 35.8 Å². The highest BCUT2D eigenvalue weighted by atomic mass is 16.5. The monoisotopic (exact) mass is 218 g/mol. The van der Waals surface area contributed by atoms with Crippen LogP contribution in [0.1, 0.15) is 12.8 Å². The molecule has 0 radical (unpaired) electrons. The molecule has 1 saturated carbocycles. The first kappa shape index (κ1) is 10.7. The zero-order valence-corrected chi connectivity index (χ0v) is 8.95. The molecule has 0 aromatic heterocycles. The van der Waals surface area contributed by atoms with Gasteiger partial charge >= 0.3 is 0 Å². The third kappa shape index (κ3) is 2.39. The Labute approximate surface area is 94.2 Å². The Hall–Kier alpha value is -1.84. The maximum absolute atomic E-state index is 10.4. The van der Waals surface area contributed by atoms with E-state index in [2.05, 4.69) is 11.9 Å². The van der Waals surface area contributed by atoms with Gasteiger partial charge in [-0.3, -0.25) is 4.79 Å². The number of carbonyl (C=O) groups is 1. The minimum atomic E-state index is 0.322. The third-order valence-electron chi connectivity index (χ3n) is 2.59. The predicted octanol–water partition coefficient (Wildman–Crippen LogP) is 1.52. The molecule has 0 unspecified atom stereocenters. The van der Waals surface area contributed by atoms with Crippen LogP contribution in [0.2, 0.25) is 0 Å². The quantitative estimate of drug-likeness (QED) is 0.687. The van der Waals surface area contributed by atoms with Gasteiger partial charge in [-0.25, -0.2) is 0 Å². The van der Waals surface area contributed by atoms with E-state index in [0.29, 0.717) is 41.7 Å². The van der Waals surface area contributed by atoms with Gasteiger partial charge in [-0.2, -0.15) is 0 Å². The molecule has 1 fully saturated rings. The van der Waals surface area contributed by atoms with E-state index in [1.54, 1.807) is 12.2 Å². The Balaban J connectivity index is 2.07. The molecule has 4 nitrogen and oxygen atoms in total. The van der Waals surface area contributed by atoms with E-state index in [1.165, 1.54) is 12.8 Å². The largest absolute Gasteiger partial charge is 0.491 e. The summed E-state index contributed by atoms with van der Waals surface area (Å²) < 4.78 is 5.58. The fraction of sp³-hybridized carbons (Fsp3) is 0.333. The van der Waals surface area contributed by atoms with E-state index in [1.807, 2.05) is 0 Å². The summed E-state index contributed by atoms with van der Waals surface area (Å²) in [4.78, 5) is 10.4. The lowest BCUT2D eigenvalue weighted by Crippen LogP contribution is -2.19. The van der Waals surface area contributed by atoms with Gasteiger partial charge in [0.15, 0.2) is 0 Å². The number of allylic oxidation sites excluding steroid dienone is 3. The Morgan fingerprint density at radius 2 is 2.31 bits per heavy atom. The second-order valence-corrected chi connectivity index (χ2v) is 4.02. The summed E-state index contributed by atoms with van der Waals surface area (Å²) in [6.45, 7) is 4.37. The Bertz CT molecular complexity index is 403. The first-order valence-corrected chi connectivity index (χ1v) is 5.25. The number of hydrogen-bond donors (Lipinski definition) is 2. The number of rotatable bonds is 5. The van der Waals surface area contributed by atoms with Crippen molar-refractivity contribution >= 4 is 12.1 Å². The summed E-state index contributed by atoms with van der Waals surface area (Å²) in [6.07, 6.45) is 6.26. The van der Waals surface area contributed by atoms with Crippen molar-refractivity contribution in [1.82, 2.24) is 5.32 Å². The fourth-order valence-corrected chi connectivity index (χ4v) is 1.41. The molecule has 2 N–H and O–H groups in total. The van der Waals surface area contributed by atoms with Gasteiger partial charge < -0.3 is 15.5 Å². The van der Waals surface area contributed by atoms with E-state index in [9.17, 15) is 4.79 Å². The maximum atomic E-state index is 10.4. The van der Waals surface area contributed by atoms with Gasteiger partial charge in [0.1, 0.15) is 5.76 Å². The van der Waals surface area contributed by atoms with E-state index < -0.39 is 0 Å². The highest BCUT2D eigenvalue weighted by Gasteiger charge is 2.24. The molecule has 0 heterocycles. The smallest absolute Gasteiger partial charge is 0.211 e. The lowest BCUT2D eigenvalue weighted by molar-refractivity contribution is -0.109. The molecule has 16 heavy (non-hydrogen) atoms. The zero-order valence-electron chi connectivity index (χ0n) is 8.95. The molecule has 84 valence electrons. The molecular weight excluding hydrogens is 204 g/mol. The molecule has 0 aromatic carbocycles. The summed E-state index contributed by atoms with van der Waals surface area (Å²) in [6, 6.07) is 0. The van der Waals surface area contributed by atoms with Crippen LogP contribution in [0.25, 0.3) is 0 Å². The van der Waals surface area contributed by atoms with Crippen molar-refractivity contribution in [2.45, 2.75) is 12.8 Å². The molecule has 0 atom stereocenters. The van der Waals surface area contributed by atoms with Gasteiger partial charge in [-0.1, -0.05) is 6.58 Å². The highest BCUT2D eigenvalue weighted by Crippen LogP contribution is 2.30. The van der Waals surface area contributed by atoms with Crippen molar-refractivity contribution in [1.29, 1.82) is 5.41 Å². The van der Waals surface area contributed by atoms with Crippen molar-refractivity contribution in [2.24, 2.45) is 5.92 Å². The second-order valence-electron chi connectivity index (χ2n) is 4.02. The maximum Gasteiger partial charge on any atom is 0.211 e. The number of ether oxygens (including phenoxy) is 1. The number of amides is 1. The predicted molar refractivity (Wildman–Crippen MR) is 60.9 cm³/mol. The van der Waals surface area contributed by atoms with E-state index in [0.717, 1.165) is 0 Å². The van der Waals surface area contributed by atoms with Gasteiger partial charge in [-0.15, -0.1) is 0 Å². The Morgan fingerprint density at radius 3 is 2.94 bits per heavy atom. The average Bonchev–Trinajstić information content (AvgIpc) is 3.05. The van der Waals surface area contributed by atoms with E-state index in [-0.39, 0.29) is 0 Å². The molecule has 2 aliphatic rings. The average molecular weight is 218 g/mol. The second kappa shape index (κ2) is 4.35. The van der Waals surface area contributed by atoms with Crippen LogP contribution < -0.4 is 5.32 Å². The first-order valence-electron chi connectivity index (χ1n) is 5.25. The van der Waals surface area contributed by atoms with Gasteiger partial charge in [-0.05, 0) is 30.4 Å². The Morgan fingerprint density at radius 1 is 1.56 bits per heavy atom. The van der Waals surface area contributed by atoms with Gasteiger partial charge in [0, 0.05) is 6.08 Å². The van der Waals surface area contributed by atoms with Crippen LogP contribution in [-0.2, 0) is 9.53 Å². The molecular formula is C12H14N2O2. The SMILES string of the molecule is C=C1C=C(NC=O)C(OCC2CC2)=CC1=N. The lowest BCUT2D eigenvalue weighted by Gasteiger charge is -2.17. The van der Waals surface area contributed by atoms with Crippen LogP contribution in [-0.4, -0.2) is 18.7 Å². The molecule has 1 amide bonds. The van der Waals surface area contributed by atoms with Crippen LogP contribution in [0, 0.1) is 11.3 Å². The van der Waals surface area contributed by atoms with Crippen LogP contribution >= 0.6 is 0 Å². The molecule has 2 rings (SSSR count). The fourth-order valence-electron chi connectivity index (χ4n) is 1.41. The molecule has 0 saturated heterocycles. The molecule has 0 aromatic rings. The summed E-state index contributed by atoms with van der Waals surface area (Å²) in [5, 5.41) is 10.2. The molecule has 0 bridgehead atoms. The number of carbonyl (C=O) groups excluding carboxylic acids is 1. The molecule has 0 aliphatic heterocycles. The minimum Gasteiger partial charge on any atom is -0.491 e. The summed E-state index contributed by atoms with van der Waals surface area (Å²) in [5.74, 6) is 1.19. The molecule has 4 heteroatoms. The number of hydrogen-bond acceptors (Lipinski definition) is 3. The van der Waals surface area contributed by atoms with Crippen molar-refractivity contribution in [3.05, 3.63) is 35.8 Å². The topological polar surface area (TPSA) is 62.2 Å². The van der Waals surface area contributed by atoms with Crippen molar-refractivity contribution in [2.75, 3.05) is 6.61 Å². The lowest BCUT2D eigenvalue weighted by atomic mass is 10.0. The van der Waals surface area contributed by atoms with E-state index >= 15 is 0 Å². The van der Waals surface area contributed by atoms with Crippen LogP contribution in [0.3, 0.4) is 0 Å². The van der Waals surface area contributed by atoms with Gasteiger partial charge in [0.05, 0.1) is 18.0 Å². The van der Waals surface area contributed by atoms with Crippen molar-refractivity contribution < 1.29 is 9.53 Å². The van der Waals surface area contributed by atoms with Crippen molar-refractivity contribution in [3.8, 4) is 0 Å². The zero-order chi connectivity index (χ0) is 11.5. The summed E-state index contributed by atoms with van der Waals surface area (Å²) in [5.41, 5.74) is 1.47. The molecule has 0 spiro atoms. The van der Waals surface area contributed by atoms with Crippen LogP contribution in [0.4, 0.5) is 0 Å². The summed E-state index contributed by atoms with van der Waals surface area (Å²) in [7, 11) is 0. The standard InChI is InChI=1S/C12H14N2O2/c1-8-4-11(14-7-15)12(5-10(8)13)16-6-9-2-3-9/h4-5,7,9,13H,1-3,6H2,(H,14,15).